The quantitative estimate of drug-likeness (QED) is 0.210. The highest BCUT2D eigenvalue weighted by Crippen LogP contribution is 2.48. The Morgan fingerprint density at radius 1 is 0.488 bits per heavy atom. The summed E-state index contributed by atoms with van der Waals surface area (Å²) in [7, 11) is 0. The van der Waals surface area contributed by atoms with Crippen molar-refractivity contribution in [1.82, 2.24) is 0 Å². The molecule has 0 fully saturated rings. The van der Waals surface area contributed by atoms with Gasteiger partial charge < -0.3 is 9.32 Å². The fraction of sp³-hybridized carbons (Fsp3) is 0. The van der Waals surface area contributed by atoms with Gasteiger partial charge in [0.2, 0.25) is 0 Å². The van der Waals surface area contributed by atoms with Gasteiger partial charge in [-0.3, -0.25) is 0 Å². The number of thiophene rings is 1. The van der Waals surface area contributed by atoms with Gasteiger partial charge in [0.05, 0.1) is 16.1 Å². The standard InChI is InChI=1S/C40H25NOS/c1-3-13-26(14-4-1)33-25-36-38(30-19-8-7-17-28(30)33)32-21-12-22-34(39(32)42-36)41(27-15-5-2-6-16-27)35-23-11-20-31-29-18-9-10-24-37(29)43-40(31)35/h1-25H. The van der Waals surface area contributed by atoms with E-state index < -0.39 is 0 Å². The predicted molar refractivity (Wildman–Crippen MR) is 184 cm³/mol. The van der Waals surface area contributed by atoms with Gasteiger partial charge in [-0.2, -0.15) is 0 Å². The van der Waals surface area contributed by atoms with Crippen molar-refractivity contribution in [3.05, 3.63) is 152 Å². The second-order valence-corrected chi connectivity index (χ2v) is 11.9. The lowest BCUT2D eigenvalue weighted by Gasteiger charge is -2.26. The van der Waals surface area contributed by atoms with Crippen LogP contribution in [0.4, 0.5) is 17.1 Å². The van der Waals surface area contributed by atoms with Gasteiger partial charge in [0, 0.05) is 31.9 Å². The average Bonchev–Trinajstić information content (AvgIpc) is 3.65. The third-order valence-electron chi connectivity index (χ3n) is 8.45. The number of hydrogen-bond acceptors (Lipinski definition) is 3. The molecule has 3 heteroatoms. The van der Waals surface area contributed by atoms with Crippen molar-refractivity contribution in [3.8, 4) is 11.1 Å². The Morgan fingerprint density at radius 2 is 1.12 bits per heavy atom. The van der Waals surface area contributed by atoms with Crippen LogP contribution in [0.25, 0.3) is 64.0 Å². The highest BCUT2D eigenvalue weighted by molar-refractivity contribution is 7.26. The molecular weight excluding hydrogens is 543 g/mol. The van der Waals surface area contributed by atoms with Crippen LogP contribution in [-0.2, 0) is 0 Å². The molecule has 0 atom stereocenters. The van der Waals surface area contributed by atoms with E-state index in [9.17, 15) is 0 Å². The zero-order valence-electron chi connectivity index (χ0n) is 23.2. The summed E-state index contributed by atoms with van der Waals surface area (Å²) in [6.07, 6.45) is 0. The Labute approximate surface area is 252 Å². The van der Waals surface area contributed by atoms with Crippen molar-refractivity contribution >= 4 is 81.3 Å². The van der Waals surface area contributed by atoms with Crippen molar-refractivity contribution in [1.29, 1.82) is 0 Å². The minimum atomic E-state index is 0.884. The van der Waals surface area contributed by atoms with Gasteiger partial charge in [0.15, 0.2) is 5.58 Å². The van der Waals surface area contributed by atoms with E-state index in [1.807, 2.05) is 11.3 Å². The van der Waals surface area contributed by atoms with Gasteiger partial charge in [-0.15, -0.1) is 11.3 Å². The first-order valence-electron chi connectivity index (χ1n) is 14.5. The molecule has 0 aliphatic heterocycles. The third kappa shape index (κ3) is 3.72. The minimum absolute atomic E-state index is 0.884. The maximum absolute atomic E-state index is 6.91. The molecule has 0 N–H and O–H groups in total. The van der Waals surface area contributed by atoms with E-state index in [2.05, 4.69) is 157 Å². The predicted octanol–water partition coefficient (Wildman–Crippen LogP) is 12.2. The van der Waals surface area contributed by atoms with Gasteiger partial charge in [-0.25, -0.2) is 0 Å². The van der Waals surface area contributed by atoms with Crippen LogP contribution in [0.15, 0.2) is 156 Å². The Kier molecular flexibility index (Phi) is 5.40. The molecule has 0 saturated carbocycles. The van der Waals surface area contributed by atoms with Crippen LogP contribution in [0.2, 0.25) is 0 Å². The minimum Gasteiger partial charge on any atom is -0.454 e. The van der Waals surface area contributed by atoms with Crippen LogP contribution in [0.3, 0.4) is 0 Å². The van der Waals surface area contributed by atoms with E-state index in [1.54, 1.807) is 0 Å². The summed E-state index contributed by atoms with van der Waals surface area (Å²) in [6.45, 7) is 0. The first-order chi connectivity index (χ1) is 21.3. The smallest absolute Gasteiger partial charge is 0.159 e. The highest BCUT2D eigenvalue weighted by Gasteiger charge is 2.23. The summed E-state index contributed by atoms with van der Waals surface area (Å²) >= 11 is 1.85. The molecule has 2 aromatic heterocycles. The first kappa shape index (κ1) is 24.2. The van der Waals surface area contributed by atoms with E-state index in [0.29, 0.717) is 0 Å². The molecule has 9 aromatic rings. The molecule has 0 saturated heterocycles. The zero-order valence-corrected chi connectivity index (χ0v) is 24.0. The third-order valence-corrected chi connectivity index (χ3v) is 9.66. The van der Waals surface area contributed by atoms with Gasteiger partial charge in [-0.05, 0) is 58.3 Å². The fourth-order valence-electron chi connectivity index (χ4n) is 6.57. The van der Waals surface area contributed by atoms with E-state index in [0.717, 1.165) is 39.0 Å². The lowest BCUT2D eigenvalue weighted by molar-refractivity contribution is 0.669. The number of hydrogen-bond donors (Lipinski definition) is 0. The van der Waals surface area contributed by atoms with E-state index in [-0.39, 0.29) is 0 Å². The maximum atomic E-state index is 6.91. The average molecular weight is 568 g/mol. The second kappa shape index (κ2) is 9.59. The van der Waals surface area contributed by atoms with Crippen LogP contribution < -0.4 is 4.90 Å². The molecule has 0 spiro atoms. The number of para-hydroxylation sites is 2. The van der Waals surface area contributed by atoms with E-state index >= 15 is 0 Å². The van der Waals surface area contributed by atoms with Crippen LogP contribution in [0, 0.1) is 0 Å². The normalized spacial score (nSPS) is 11.7. The molecule has 2 heterocycles. The number of anilines is 3. The van der Waals surface area contributed by atoms with Gasteiger partial charge in [-0.1, -0.05) is 115 Å². The van der Waals surface area contributed by atoms with Crippen molar-refractivity contribution in [2.45, 2.75) is 0 Å². The summed E-state index contributed by atoms with van der Waals surface area (Å²) in [6, 6.07) is 54.0. The molecular formula is C40H25NOS. The molecule has 9 rings (SSSR count). The van der Waals surface area contributed by atoms with E-state index in [4.69, 9.17) is 4.42 Å². The summed E-state index contributed by atoms with van der Waals surface area (Å²) in [4.78, 5) is 2.36. The second-order valence-electron chi connectivity index (χ2n) is 10.9. The molecule has 0 aliphatic carbocycles. The van der Waals surface area contributed by atoms with Crippen molar-refractivity contribution in [3.63, 3.8) is 0 Å². The largest absolute Gasteiger partial charge is 0.454 e. The Balaban J connectivity index is 1.37. The fourth-order valence-corrected chi connectivity index (χ4v) is 7.78. The maximum Gasteiger partial charge on any atom is 0.159 e. The number of nitrogens with zero attached hydrogens (tertiary/aromatic N) is 1. The van der Waals surface area contributed by atoms with Crippen LogP contribution >= 0.6 is 11.3 Å². The van der Waals surface area contributed by atoms with Crippen molar-refractivity contribution in [2.75, 3.05) is 4.90 Å². The molecule has 0 radical (unpaired) electrons. The molecule has 43 heavy (non-hydrogen) atoms. The molecule has 202 valence electrons. The first-order valence-corrected chi connectivity index (χ1v) is 15.3. The monoisotopic (exact) mass is 567 g/mol. The van der Waals surface area contributed by atoms with Crippen LogP contribution in [-0.4, -0.2) is 0 Å². The molecule has 0 bridgehead atoms. The topological polar surface area (TPSA) is 16.4 Å². The molecule has 2 nitrogen and oxygen atoms in total. The van der Waals surface area contributed by atoms with Gasteiger partial charge in [0.25, 0.3) is 0 Å². The number of fused-ring (bicyclic) bond motifs is 8. The number of benzene rings is 7. The van der Waals surface area contributed by atoms with Gasteiger partial charge in [0.1, 0.15) is 5.58 Å². The lowest BCUT2D eigenvalue weighted by atomic mass is 9.95. The Bertz CT molecular complexity index is 2460. The zero-order chi connectivity index (χ0) is 28.3. The highest BCUT2D eigenvalue weighted by atomic mass is 32.1. The van der Waals surface area contributed by atoms with Crippen LogP contribution in [0.1, 0.15) is 0 Å². The van der Waals surface area contributed by atoms with Gasteiger partial charge >= 0.3 is 0 Å². The molecule has 0 amide bonds. The van der Waals surface area contributed by atoms with Crippen LogP contribution in [0.5, 0.6) is 0 Å². The number of furan rings is 1. The molecule has 0 unspecified atom stereocenters. The molecule has 7 aromatic carbocycles. The Morgan fingerprint density at radius 3 is 1.93 bits per heavy atom. The summed E-state index contributed by atoms with van der Waals surface area (Å²) in [5, 5.41) is 7.26. The summed E-state index contributed by atoms with van der Waals surface area (Å²) < 4.78 is 9.46. The SMILES string of the molecule is c1ccc(-c2cc3oc4c(N(c5ccccc5)c5cccc6c5sc5ccccc56)cccc4c3c3ccccc23)cc1. The summed E-state index contributed by atoms with van der Waals surface area (Å²) in [5.74, 6) is 0. The summed E-state index contributed by atoms with van der Waals surface area (Å²) in [5.41, 5.74) is 7.41. The van der Waals surface area contributed by atoms with Crippen molar-refractivity contribution in [2.24, 2.45) is 0 Å². The Hall–Kier alpha value is -5.38. The van der Waals surface area contributed by atoms with Crippen molar-refractivity contribution < 1.29 is 4.42 Å². The van der Waals surface area contributed by atoms with E-state index in [1.165, 1.54) is 42.1 Å². The number of rotatable bonds is 4. The lowest BCUT2D eigenvalue weighted by Crippen LogP contribution is -2.10. The molecule has 0 aliphatic rings.